The molecule has 1 atom stereocenters. The second-order valence-corrected chi connectivity index (χ2v) is 2.19. The summed E-state index contributed by atoms with van der Waals surface area (Å²) in [6.07, 6.45) is 0.823. The van der Waals surface area contributed by atoms with Crippen LogP contribution in [0.1, 0.15) is 6.42 Å². The minimum Gasteiger partial charge on any atom is -0.375 e. The minimum atomic E-state index is -0.0215. The van der Waals surface area contributed by atoms with E-state index in [9.17, 15) is 5.11 Å². The Morgan fingerprint density at radius 3 is 3.11 bits per heavy atom. The Morgan fingerprint density at radius 2 is 2.56 bits per heavy atom. The molecule has 0 amide bonds. The molecule has 1 fully saturated rings. The molecule has 1 saturated heterocycles. The molecule has 0 saturated carbocycles. The first-order valence-electron chi connectivity index (χ1n) is 3.34. The van der Waals surface area contributed by atoms with Crippen molar-refractivity contribution in [3.05, 3.63) is 0 Å². The van der Waals surface area contributed by atoms with Crippen molar-refractivity contribution in [2.45, 2.75) is 12.5 Å². The van der Waals surface area contributed by atoms with Gasteiger partial charge in [-0.05, 0) is 0 Å². The molecular weight excluding hydrogens is 118 g/mol. The third kappa shape index (κ3) is 2.30. The molecular formula is C6H12NO2. The van der Waals surface area contributed by atoms with Crippen LogP contribution < -0.4 is 5.32 Å². The van der Waals surface area contributed by atoms with Gasteiger partial charge in [0.2, 0.25) is 0 Å². The predicted molar refractivity (Wildman–Crippen MR) is 32.8 cm³/mol. The number of rotatable bonds is 2. The molecule has 1 heterocycles. The van der Waals surface area contributed by atoms with Crippen molar-refractivity contribution in [2.24, 2.45) is 0 Å². The Labute approximate surface area is 55.0 Å². The van der Waals surface area contributed by atoms with E-state index < -0.39 is 0 Å². The normalized spacial score (nSPS) is 28.3. The van der Waals surface area contributed by atoms with Crippen molar-refractivity contribution in [3.8, 4) is 0 Å². The summed E-state index contributed by atoms with van der Waals surface area (Å²) in [5, 5.41) is 13.2. The molecule has 3 heteroatoms. The van der Waals surface area contributed by atoms with Gasteiger partial charge in [-0.25, -0.2) is 5.11 Å². The highest BCUT2D eigenvalue weighted by atomic mass is 16.5. The predicted octanol–water partition coefficient (Wildman–Crippen LogP) is -0.205. The smallest absolute Gasteiger partial charge is 0.0847 e. The second kappa shape index (κ2) is 3.82. The quantitative estimate of drug-likeness (QED) is 0.562. The third-order valence-corrected chi connectivity index (χ3v) is 1.44. The van der Waals surface area contributed by atoms with E-state index in [0.717, 1.165) is 19.7 Å². The van der Waals surface area contributed by atoms with Gasteiger partial charge >= 0.3 is 0 Å². The van der Waals surface area contributed by atoms with Gasteiger partial charge in [0.05, 0.1) is 19.3 Å². The van der Waals surface area contributed by atoms with Crippen LogP contribution in [-0.2, 0) is 9.84 Å². The van der Waals surface area contributed by atoms with E-state index in [1.54, 1.807) is 0 Å². The van der Waals surface area contributed by atoms with Crippen molar-refractivity contribution in [1.82, 2.24) is 5.32 Å². The van der Waals surface area contributed by atoms with E-state index in [2.05, 4.69) is 5.32 Å². The highest BCUT2D eigenvalue weighted by Gasteiger charge is 2.11. The summed E-state index contributed by atoms with van der Waals surface area (Å²) in [5.41, 5.74) is 0. The zero-order valence-electron chi connectivity index (χ0n) is 5.43. The molecule has 0 aromatic carbocycles. The first-order chi connectivity index (χ1) is 4.43. The van der Waals surface area contributed by atoms with E-state index in [1.165, 1.54) is 0 Å². The van der Waals surface area contributed by atoms with Crippen LogP contribution in [0, 0.1) is 0 Å². The van der Waals surface area contributed by atoms with Crippen LogP contribution in [0.3, 0.4) is 0 Å². The maximum absolute atomic E-state index is 10.1. The SMILES string of the molecule is [O]CCC1CNCCO1. The number of nitrogens with one attached hydrogen (secondary N) is 1. The second-order valence-electron chi connectivity index (χ2n) is 2.19. The highest BCUT2D eigenvalue weighted by Crippen LogP contribution is 1.99. The molecule has 53 valence electrons. The molecule has 1 radical (unpaired) electrons. The zero-order chi connectivity index (χ0) is 6.53. The van der Waals surface area contributed by atoms with Gasteiger partial charge in [-0.15, -0.1) is 0 Å². The molecule has 0 aromatic rings. The molecule has 1 aliphatic rings. The molecule has 1 rings (SSSR count). The molecule has 1 N–H and O–H groups in total. The molecule has 1 aliphatic heterocycles. The van der Waals surface area contributed by atoms with E-state index in [4.69, 9.17) is 4.74 Å². The summed E-state index contributed by atoms with van der Waals surface area (Å²) < 4.78 is 5.26. The van der Waals surface area contributed by atoms with Gasteiger partial charge in [0.15, 0.2) is 0 Å². The van der Waals surface area contributed by atoms with Gasteiger partial charge < -0.3 is 10.1 Å². The number of morpholine rings is 1. The van der Waals surface area contributed by atoms with Crippen molar-refractivity contribution in [2.75, 3.05) is 26.3 Å². The van der Waals surface area contributed by atoms with Crippen molar-refractivity contribution in [1.29, 1.82) is 0 Å². The molecule has 0 bridgehead atoms. The Morgan fingerprint density at radius 1 is 1.67 bits per heavy atom. The molecule has 0 aliphatic carbocycles. The molecule has 0 spiro atoms. The summed E-state index contributed by atoms with van der Waals surface area (Å²) in [6.45, 7) is 2.51. The number of hydrogen-bond donors (Lipinski definition) is 1. The third-order valence-electron chi connectivity index (χ3n) is 1.44. The van der Waals surface area contributed by atoms with Crippen LogP contribution in [0.25, 0.3) is 0 Å². The van der Waals surface area contributed by atoms with Gasteiger partial charge in [0.25, 0.3) is 0 Å². The van der Waals surface area contributed by atoms with Crippen LogP contribution in [0.2, 0.25) is 0 Å². The monoisotopic (exact) mass is 130 g/mol. The molecule has 3 nitrogen and oxygen atoms in total. The van der Waals surface area contributed by atoms with Gasteiger partial charge in [-0.1, -0.05) is 0 Å². The Bertz CT molecular complexity index is 68.7. The Kier molecular flexibility index (Phi) is 2.97. The van der Waals surface area contributed by atoms with Crippen LogP contribution in [0.5, 0.6) is 0 Å². The van der Waals surface area contributed by atoms with Crippen LogP contribution in [0.4, 0.5) is 0 Å². The lowest BCUT2D eigenvalue weighted by Gasteiger charge is -2.22. The Hall–Kier alpha value is -0.120. The van der Waals surface area contributed by atoms with Crippen molar-refractivity contribution in [3.63, 3.8) is 0 Å². The van der Waals surface area contributed by atoms with E-state index in [-0.39, 0.29) is 12.7 Å². The standard InChI is InChI=1S/C6H12NO2/c8-3-1-6-5-7-2-4-9-6/h6-7H,1-5H2. The fourth-order valence-corrected chi connectivity index (χ4v) is 0.937. The average molecular weight is 130 g/mol. The first kappa shape index (κ1) is 6.99. The van der Waals surface area contributed by atoms with Crippen molar-refractivity contribution < 1.29 is 9.84 Å². The van der Waals surface area contributed by atoms with Crippen LogP contribution in [0.15, 0.2) is 0 Å². The number of ether oxygens (including phenoxy) is 1. The molecule has 9 heavy (non-hydrogen) atoms. The summed E-state index contributed by atoms with van der Waals surface area (Å²) in [5.74, 6) is 0. The lowest BCUT2D eigenvalue weighted by molar-refractivity contribution is 0.00665. The maximum Gasteiger partial charge on any atom is 0.0847 e. The summed E-state index contributed by atoms with van der Waals surface area (Å²) in [7, 11) is 0. The van der Waals surface area contributed by atoms with Crippen molar-refractivity contribution >= 4 is 0 Å². The minimum absolute atomic E-state index is 0.0215. The fourth-order valence-electron chi connectivity index (χ4n) is 0.937. The fraction of sp³-hybridized carbons (Fsp3) is 1.00. The molecule has 1 unspecified atom stereocenters. The lowest BCUT2D eigenvalue weighted by Crippen LogP contribution is -2.38. The maximum atomic E-state index is 10.1. The van der Waals surface area contributed by atoms with Gasteiger partial charge in [-0.2, -0.15) is 0 Å². The van der Waals surface area contributed by atoms with Crippen LogP contribution in [-0.4, -0.2) is 32.4 Å². The largest absolute Gasteiger partial charge is 0.375 e. The summed E-state index contributed by atoms with van der Waals surface area (Å²) >= 11 is 0. The average Bonchev–Trinajstić information content (AvgIpc) is 1.91. The summed E-state index contributed by atoms with van der Waals surface area (Å²) in [6, 6.07) is 0. The van der Waals surface area contributed by atoms with Gasteiger partial charge in [-0.3, -0.25) is 0 Å². The van der Waals surface area contributed by atoms with E-state index in [1.807, 2.05) is 0 Å². The topological polar surface area (TPSA) is 41.2 Å². The zero-order valence-corrected chi connectivity index (χ0v) is 5.43. The summed E-state index contributed by atoms with van der Waals surface area (Å²) in [4.78, 5) is 0. The molecule has 0 aromatic heterocycles. The van der Waals surface area contributed by atoms with Crippen LogP contribution >= 0.6 is 0 Å². The van der Waals surface area contributed by atoms with E-state index in [0.29, 0.717) is 6.42 Å². The van der Waals surface area contributed by atoms with Gasteiger partial charge in [0, 0.05) is 19.5 Å². The Balaban J connectivity index is 2.08. The number of hydrogen-bond acceptors (Lipinski definition) is 2. The first-order valence-corrected chi connectivity index (χ1v) is 3.34. The lowest BCUT2D eigenvalue weighted by atomic mass is 10.2. The van der Waals surface area contributed by atoms with E-state index >= 15 is 0 Å². The van der Waals surface area contributed by atoms with Gasteiger partial charge in [0.1, 0.15) is 0 Å². The highest BCUT2D eigenvalue weighted by molar-refractivity contribution is 4.65.